The van der Waals surface area contributed by atoms with Gasteiger partial charge in [0.2, 0.25) is 0 Å². The normalized spacial score (nSPS) is 11.0. The lowest BCUT2D eigenvalue weighted by Crippen LogP contribution is -2.18. The standard InChI is InChI=1S/C12H10N2O5S2/c13-11(15)8-3-1-2-4-9(8)14-21(18,19)10-5-7(6-20-10)12(16)17/h1-6,14H,(H2,13,15)(H,16,17). The van der Waals surface area contributed by atoms with Crippen LogP contribution in [0.25, 0.3) is 0 Å². The van der Waals surface area contributed by atoms with Crippen LogP contribution in [0.1, 0.15) is 20.7 Å². The van der Waals surface area contributed by atoms with E-state index in [4.69, 9.17) is 10.8 Å². The number of nitrogens with one attached hydrogen (secondary N) is 1. The highest BCUT2D eigenvalue weighted by Crippen LogP contribution is 2.24. The SMILES string of the molecule is NC(=O)c1ccccc1NS(=O)(=O)c1cc(C(=O)O)cs1. The van der Waals surface area contributed by atoms with Gasteiger partial charge >= 0.3 is 5.97 Å². The number of rotatable bonds is 5. The number of nitrogens with two attached hydrogens (primary N) is 1. The summed E-state index contributed by atoms with van der Waals surface area (Å²) in [5.41, 5.74) is 5.11. The number of thiophene rings is 1. The van der Waals surface area contributed by atoms with Crippen molar-refractivity contribution in [2.24, 2.45) is 5.73 Å². The maximum absolute atomic E-state index is 12.2. The highest BCUT2D eigenvalue weighted by molar-refractivity contribution is 7.94. The molecule has 1 aromatic carbocycles. The smallest absolute Gasteiger partial charge is 0.336 e. The van der Waals surface area contributed by atoms with Gasteiger partial charge in [-0.2, -0.15) is 0 Å². The van der Waals surface area contributed by atoms with Gasteiger partial charge < -0.3 is 10.8 Å². The fourth-order valence-electron chi connectivity index (χ4n) is 1.55. The Bertz CT molecular complexity index is 811. The van der Waals surface area contributed by atoms with Crippen molar-refractivity contribution in [3.63, 3.8) is 0 Å². The van der Waals surface area contributed by atoms with Gasteiger partial charge in [0.05, 0.1) is 16.8 Å². The summed E-state index contributed by atoms with van der Waals surface area (Å²) in [4.78, 5) is 22.0. The zero-order valence-electron chi connectivity index (χ0n) is 10.4. The van der Waals surface area contributed by atoms with Crippen LogP contribution >= 0.6 is 11.3 Å². The minimum Gasteiger partial charge on any atom is -0.478 e. The second kappa shape index (κ2) is 5.54. The van der Waals surface area contributed by atoms with E-state index in [-0.39, 0.29) is 21.0 Å². The van der Waals surface area contributed by atoms with Crippen molar-refractivity contribution >= 4 is 38.9 Å². The summed E-state index contributed by atoms with van der Waals surface area (Å²) in [6, 6.07) is 6.91. The third-order valence-electron chi connectivity index (χ3n) is 2.52. The van der Waals surface area contributed by atoms with Gasteiger partial charge in [0.1, 0.15) is 4.21 Å². The average molecular weight is 326 g/mol. The molecule has 0 saturated heterocycles. The Kier molecular flexibility index (Phi) is 3.96. The zero-order valence-corrected chi connectivity index (χ0v) is 12.1. The van der Waals surface area contributed by atoms with Gasteiger partial charge in [-0.15, -0.1) is 11.3 Å². The van der Waals surface area contributed by atoms with Crippen LogP contribution in [-0.2, 0) is 10.0 Å². The molecular formula is C12H10N2O5S2. The number of sulfonamides is 1. The molecule has 0 radical (unpaired) electrons. The molecule has 0 fully saturated rings. The van der Waals surface area contributed by atoms with E-state index >= 15 is 0 Å². The molecule has 4 N–H and O–H groups in total. The number of hydrogen-bond acceptors (Lipinski definition) is 5. The molecule has 0 unspecified atom stereocenters. The van der Waals surface area contributed by atoms with Crippen LogP contribution in [-0.4, -0.2) is 25.4 Å². The zero-order chi connectivity index (χ0) is 15.6. The summed E-state index contributed by atoms with van der Waals surface area (Å²) < 4.78 is 26.4. The van der Waals surface area contributed by atoms with E-state index in [1.807, 2.05) is 0 Å². The van der Waals surface area contributed by atoms with Crippen LogP contribution in [0, 0.1) is 0 Å². The number of carboxylic acids is 1. The predicted octanol–water partition coefficient (Wildman–Crippen LogP) is 1.35. The van der Waals surface area contributed by atoms with Crippen LogP contribution in [0.3, 0.4) is 0 Å². The largest absolute Gasteiger partial charge is 0.478 e. The lowest BCUT2D eigenvalue weighted by atomic mass is 10.2. The Balaban J connectivity index is 2.37. The molecule has 2 rings (SSSR count). The van der Waals surface area contributed by atoms with E-state index in [1.54, 1.807) is 12.1 Å². The molecule has 1 amide bonds. The van der Waals surface area contributed by atoms with Crippen LogP contribution in [0.15, 0.2) is 39.9 Å². The number of hydrogen-bond donors (Lipinski definition) is 3. The lowest BCUT2D eigenvalue weighted by molar-refractivity contribution is 0.0697. The van der Waals surface area contributed by atoms with Gasteiger partial charge in [0.15, 0.2) is 0 Å². The molecule has 0 saturated carbocycles. The molecule has 0 aliphatic carbocycles. The maximum atomic E-state index is 12.2. The van der Waals surface area contributed by atoms with Crippen molar-refractivity contribution < 1.29 is 23.1 Å². The van der Waals surface area contributed by atoms with Gasteiger partial charge in [0.25, 0.3) is 15.9 Å². The van der Waals surface area contributed by atoms with Crippen LogP contribution in [0.2, 0.25) is 0 Å². The number of amides is 1. The second-order valence-electron chi connectivity index (χ2n) is 3.97. The first kappa shape index (κ1) is 15.0. The van der Waals surface area contributed by atoms with E-state index in [2.05, 4.69) is 4.72 Å². The molecule has 2 aromatic rings. The molecule has 110 valence electrons. The number of primary amides is 1. The monoisotopic (exact) mass is 326 g/mol. The highest BCUT2D eigenvalue weighted by Gasteiger charge is 2.21. The molecule has 1 heterocycles. The number of anilines is 1. The number of benzene rings is 1. The fourth-order valence-corrected chi connectivity index (χ4v) is 3.78. The lowest BCUT2D eigenvalue weighted by Gasteiger charge is -2.09. The minimum absolute atomic E-state index is 0.0242. The second-order valence-corrected chi connectivity index (χ2v) is 6.80. The van der Waals surface area contributed by atoms with E-state index in [1.165, 1.54) is 17.5 Å². The van der Waals surface area contributed by atoms with Gasteiger partial charge in [-0.25, -0.2) is 13.2 Å². The molecular weight excluding hydrogens is 316 g/mol. The third kappa shape index (κ3) is 3.20. The first-order valence-corrected chi connectivity index (χ1v) is 7.91. The average Bonchev–Trinajstić information content (AvgIpc) is 2.89. The Hall–Kier alpha value is -2.39. The summed E-state index contributed by atoms with van der Waals surface area (Å²) in [7, 11) is -3.98. The van der Waals surface area contributed by atoms with E-state index < -0.39 is 21.9 Å². The number of carbonyl (C=O) groups excluding carboxylic acids is 1. The van der Waals surface area contributed by atoms with Crippen molar-refractivity contribution in [3.05, 3.63) is 46.8 Å². The third-order valence-corrected chi connectivity index (χ3v) is 5.33. The van der Waals surface area contributed by atoms with Crippen LogP contribution in [0.4, 0.5) is 5.69 Å². The quantitative estimate of drug-likeness (QED) is 0.764. The predicted molar refractivity (Wildman–Crippen MR) is 77.0 cm³/mol. The molecule has 1 aromatic heterocycles. The maximum Gasteiger partial charge on any atom is 0.336 e. The summed E-state index contributed by atoms with van der Waals surface area (Å²) in [5, 5.41) is 10.0. The van der Waals surface area contributed by atoms with Crippen LogP contribution < -0.4 is 10.5 Å². The van der Waals surface area contributed by atoms with Gasteiger partial charge in [0, 0.05) is 5.38 Å². The van der Waals surface area contributed by atoms with Crippen molar-refractivity contribution in [3.8, 4) is 0 Å². The van der Waals surface area contributed by atoms with Crippen molar-refractivity contribution in [2.75, 3.05) is 4.72 Å². The molecule has 0 atom stereocenters. The summed E-state index contributed by atoms with van der Waals surface area (Å²) in [6.07, 6.45) is 0. The first-order chi connectivity index (χ1) is 9.81. The molecule has 0 aliphatic rings. The summed E-state index contributed by atoms with van der Waals surface area (Å²) >= 11 is 0.771. The Morgan fingerprint density at radius 2 is 1.90 bits per heavy atom. The first-order valence-electron chi connectivity index (χ1n) is 5.55. The molecule has 0 aliphatic heterocycles. The highest BCUT2D eigenvalue weighted by atomic mass is 32.2. The number of carbonyl (C=O) groups is 2. The Morgan fingerprint density at radius 3 is 2.48 bits per heavy atom. The summed E-state index contributed by atoms with van der Waals surface area (Å²) in [5.74, 6) is -1.99. The molecule has 0 bridgehead atoms. The Labute approximate surface area is 124 Å². The van der Waals surface area contributed by atoms with Gasteiger partial charge in [-0.05, 0) is 18.2 Å². The number of para-hydroxylation sites is 1. The molecule has 21 heavy (non-hydrogen) atoms. The van der Waals surface area contributed by atoms with E-state index in [0.717, 1.165) is 17.4 Å². The topological polar surface area (TPSA) is 127 Å². The molecule has 7 nitrogen and oxygen atoms in total. The van der Waals surface area contributed by atoms with Crippen LogP contribution in [0.5, 0.6) is 0 Å². The van der Waals surface area contributed by atoms with Gasteiger partial charge in [-0.3, -0.25) is 9.52 Å². The molecule has 0 spiro atoms. The van der Waals surface area contributed by atoms with Gasteiger partial charge in [-0.1, -0.05) is 12.1 Å². The van der Waals surface area contributed by atoms with E-state index in [9.17, 15) is 18.0 Å². The van der Waals surface area contributed by atoms with Crippen molar-refractivity contribution in [1.29, 1.82) is 0 Å². The minimum atomic E-state index is -3.98. The fraction of sp³-hybridized carbons (Fsp3) is 0. The summed E-state index contributed by atoms with van der Waals surface area (Å²) in [6.45, 7) is 0. The molecule has 9 heteroatoms. The van der Waals surface area contributed by atoms with E-state index in [0.29, 0.717) is 0 Å². The Morgan fingerprint density at radius 1 is 1.24 bits per heavy atom. The van der Waals surface area contributed by atoms with Crippen molar-refractivity contribution in [1.82, 2.24) is 0 Å². The number of aromatic carboxylic acids is 1. The van der Waals surface area contributed by atoms with Crippen molar-refractivity contribution in [2.45, 2.75) is 4.21 Å². The number of carboxylic acid groups (broad SMARTS) is 1.